The lowest BCUT2D eigenvalue weighted by atomic mass is 9.95. The highest BCUT2D eigenvalue weighted by atomic mass is 16.5. The summed E-state index contributed by atoms with van der Waals surface area (Å²) in [4.78, 5) is 14.2. The van der Waals surface area contributed by atoms with Gasteiger partial charge in [-0.2, -0.15) is 0 Å². The number of hydrogen-bond donors (Lipinski definition) is 0. The number of hydrogen-bond acceptors (Lipinski definition) is 3. The van der Waals surface area contributed by atoms with Gasteiger partial charge >= 0.3 is 0 Å². The second-order valence-corrected chi connectivity index (χ2v) is 5.61. The van der Waals surface area contributed by atoms with Crippen LogP contribution in [0.3, 0.4) is 0 Å². The summed E-state index contributed by atoms with van der Waals surface area (Å²) in [5.74, 6) is 0.472. The molecule has 2 heterocycles. The number of carbonyl (C=O) groups excluding carboxylic acids is 1. The molecule has 3 unspecified atom stereocenters. The molecule has 0 N–H and O–H groups in total. The molecule has 0 spiro atoms. The van der Waals surface area contributed by atoms with Gasteiger partial charge in [0, 0.05) is 12.0 Å². The fourth-order valence-corrected chi connectivity index (χ4v) is 3.10. The molecule has 2 rings (SSSR count). The van der Waals surface area contributed by atoms with Crippen LogP contribution >= 0.6 is 0 Å². The number of piperidine rings is 1. The third kappa shape index (κ3) is 3.29. The van der Waals surface area contributed by atoms with Gasteiger partial charge in [-0.05, 0) is 52.6 Å². The van der Waals surface area contributed by atoms with Gasteiger partial charge in [-0.1, -0.05) is 6.42 Å². The standard InChI is InChI=1S/C14H25NO2/c1-11-6-3-4-8-15(11)9-5-7-13-12(2)17-10-14(13)16/h11-13H,3-10H2,1-2H3. The Bertz CT molecular complexity index is 267. The first kappa shape index (κ1) is 13.0. The maximum atomic E-state index is 11.6. The second-order valence-electron chi connectivity index (χ2n) is 5.61. The van der Waals surface area contributed by atoms with Crippen LogP contribution in [0.5, 0.6) is 0 Å². The Morgan fingerprint density at radius 3 is 2.82 bits per heavy atom. The molecule has 0 bridgehead atoms. The van der Waals surface area contributed by atoms with Crippen LogP contribution in [0.2, 0.25) is 0 Å². The highest BCUT2D eigenvalue weighted by molar-refractivity contribution is 5.84. The monoisotopic (exact) mass is 239 g/mol. The number of nitrogens with zero attached hydrogens (tertiary/aromatic N) is 1. The van der Waals surface area contributed by atoms with Gasteiger partial charge in [-0.15, -0.1) is 0 Å². The normalized spacial score (nSPS) is 35.4. The van der Waals surface area contributed by atoms with E-state index in [0.29, 0.717) is 12.4 Å². The van der Waals surface area contributed by atoms with Gasteiger partial charge in [0.05, 0.1) is 6.10 Å². The molecule has 2 aliphatic rings. The Hall–Kier alpha value is -0.410. The Balaban J connectivity index is 1.70. The van der Waals surface area contributed by atoms with Crippen LogP contribution in [0.15, 0.2) is 0 Å². The summed E-state index contributed by atoms with van der Waals surface area (Å²) in [6.07, 6.45) is 6.33. The first-order valence-corrected chi connectivity index (χ1v) is 7.07. The molecule has 2 fully saturated rings. The van der Waals surface area contributed by atoms with Gasteiger partial charge in [0.1, 0.15) is 6.61 Å². The van der Waals surface area contributed by atoms with Crippen molar-refractivity contribution in [2.75, 3.05) is 19.7 Å². The van der Waals surface area contributed by atoms with Crippen molar-refractivity contribution in [3.05, 3.63) is 0 Å². The molecule has 0 saturated carbocycles. The Labute approximate surface area is 105 Å². The molecule has 0 amide bonds. The predicted octanol–water partition coefficient (Wildman–Crippen LogP) is 2.25. The predicted molar refractivity (Wildman–Crippen MR) is 68.0 cm³/mol. The van der Waals surface area contributed by atoms with E-state index in [1.165, 1.54) is 25.8 Å². The Morgan fingerprint density at radius 1 is 1.35 bits per heavy atom. The van der Waals surface area contributed by atoms with E-state index in [1.807, 2.05) is 6.92 Å². The number of likely N-dealkylation sites (tertiary alicyclic amines) is 1. The minimum Gasteiger partial charge on any atom is -0.370 e. The zero-order valence-corrected chi connectivity index (χ0v) is 11.2. The fourth-order valence-electron chi connectivity index (χ4n) is 3.10. The SMILES string of the molecule is CC1OCC(=O)C1CCCN1CCCCC1C. The lowest BCUT2D eigenvalue weighted by Gasteiger charge is -2.33. The molecule has 0 aliphatic carbocycles. The van der Waals surface area contributed by atoms with Crippen molar-refractivity contribution in [2.45, 2.75) is 58.1 Å². The van der Waals surface area contributed by atoms with E-state index in [0.717, 1.165) is 25.4 Å². The average Bonchev–Trinajstić information content (AvgIpc) is 2.63. The largest absolute Gasteiger partial charge is 0.370 e. The fraction of sp³-hybridized carbons (Fsp3) is 0.929. The van der Waals surface area contributed by atoms with E-state index >= 15 is 0 Å². The van der Waals surface area contributed by atoms with E-state index in [1.54, 1.807) is 0 Å². The molecular weight excluding hydrogens is 214 g/mol. The number of carbonyl (C=O) groups is 1. The third-order valence-corrected chi connectivity index (χ3v) is 4.37. The van der Waals surface area contributed by atoms with Crippen LogP contribution in [0, 0.1) is 5.92 Å². The lowest BCUT2D eigenvalue weighted by Crippen LogP contribution is -2.38. The maximum absolute atomic E-state index is 11.6. The maximum Gasteiger partial charge on any atom is 0.164 e. The minimum atomic E-state index is 0.140. The summed E-state index contributed by atoms with van der Waals surface area (Å²) in [6, 6.07) is 0.733. The molecule has 0 aromatic rings. The highest BCUT2D eigenvalue weighted by Crippen LogP contribution is 2.23. The van der Waals surface area contributed by atoms with Crippen LogP contribution in [-0.2, 0) is 9.53 Å². The van der Waals surface area contributed by atoms with E-state index in [-0.39, 0.29) is 12.0 Å². The topological polar surface area (TPSA) is 29.5 Å². The summed E-state index contributed by atoms with van der Waals surface area (Å²) >= 11 is 0. The van der Waals surface area contributed by atoms with Crippen LogP contribution in [0.4, 0.5) is 0 Å². The van der Waals surface area contributed by atoms with Crippen LogP contribution < -0.4 is 0 Å². The lowest BCUT2D eigenvalue weighted by molar-refractivity contribution is -0.120. The van der Waals surface area contributed by atoms with Crippen LogP contribution in [0.1, 0.15) is 46.0 Å². The van der Waals surface area contributed by atoms with Crippen molar-refractivity contribution in [3.63, 3.8) is 0 Å². The van der Waals surface area contributed by atoms with Crippen molar-refractivity contribution in [1.29, 1.82) is 0 Å². The average molecular weight is 239 g/mol. The molecule has 3 atom stereocenters. The first-order valence-electron chi connectivity index (χ1n) is 7.07. The van der Waals surface area contributed by atoms with Gasteiger partial charge in [0.2, 0.25) is 0 Å². The summed E-state index contributed by atoms with van der Waals surface area (Å²) in [7, 11) is 0. The highest BCUT2D eigenvalue weighted by Gasteiger charge is 2.32. The van der Waals surface area contributed by atoms with Gasteiger partial charge in [0.25, 0.3) is 0 Å². The van der Waals surface area contributed by atoms with E-state index in [4.69, 9.17) is 4.74 Å². The number of ketones is 1. The molecule has 3 heteroatoms. The molecular formula is C14H25NO2. The summed E-state index contributed by atoms with van der Waals surface area (Å²) in [5.41, 5.74) is 0. The van der Waals surface area contributed by atoms with Gasteiger partial charge in [-0.25, -0.2) is 0 Å². The molecule has 0 aromatic carbocycles. The first-order chi connectivity index (χ1) is 8.18. The third-order valence-electron chi connectivity index (χ3n) is 4.37. The van der Waals surface area contributed by atoms with Gasteiger partial charge in [0.15, 0.2) is 5.78 Å². The van der Waals surface area contributed by atoms with Crippen molar-refractivity contribution in [2.24, 2.45) is 5.92 Å². The molecule has 0 aromatic heterocycles. The number of rotatable bonds is 4. The van der Waals surface area contributed by atoms with E-state index in [9.17, 15) is 4.79 Å². The number of Topliss-reactive ketones (excluding diaryl/α,β-unsaturated/α-hetero) is 1. The zero-order valence-electron chi connectivity index (χ0n) is 11.2. The molecule has 0 radical (unpaired) electrons. The summed E-state index contributed by atoms with van der Waals surface area (Å²) in [5, 5.41) is 0. The van der Waals surface area contributed by atoms with Crippen LogP contribution in [0.25, 0.3) is 0 Å². The van der Waals surface area contributed by atoms with E-state index < -0.39 is 0 Å². The summed E-state index contributed by atoms with van der Waals surface area (Å²) in [6.45, 7) is 7.08. The smallest absolute Gasteiger partial charge is 0.164 e. The molecule has 3 nitrogen and oxygen atoms in total. The molecule has 17 heavy (non-hydrogen) atoms. The van der Waals surface area contributed by atoms with E-state index in [2.05, 4.69) is 11.8 Å². The molecule has 2 saturated heterocycles. The van der Waals surface area contributed by atoms with Crippen molar-refractivity contribution in [3.8, 4) is 0 Å². The molecule has 2 aliphatic heterocycles. The molecule has 98 valence electrons. The number of ether oxygens (including phenoxy) is 1. The minimum absolute atomic E-state index is 0.140. The zero-order chi connectivity index (χ0) is 12.3. The van der Waals surface area contributed by atoms with Crippen molar-refractivity contribution in [1.82, 2.24) is 4.90 Å². The Kier molecular flexibility index (Phi) is 4.57. The van der Waals surface area contributed by atoms with Crippen molar-refractivity contribution >= 4 is 5.78 Å². The van der Waals surface area contributed by atoms with Gasteiger partial charge in [-0.3, -0.25) is 4.79 Å². The van der Waals surface area contributed by atoms with Crippen molar-refractivity contribution < 1.29 is 9.53 Å². The summed E-state index contributed by atoms with van der Waals surface area (Å²) < 4.78 is 5.38. The van der Waals surface area contributed by atoms with Gasteiger partial charge < -0.3 is 9.64 Å². The quantitative estimate of drug-likeness (QED) is 0.753. The second kappa shape index (κ2) is 5.96. The van der Waals surface area contributed by atoms with Crippen LogP contribution in [-0.4, -0.2) is 42.5 Å². The Morgan fingerprint density at radius 2 is 2.18 bits per heavy atom.